The lowest BCUT2D eigenvalue weighted by Gasteiger charge is -2.17. The first-order valence-corrected chi connectivity index (χ1v) is 5.95. The molecule has 0 amide bonds. The minimum absolute atomic E-state index is 0.0610. The largest absolute Gasteiger partial charge is 0.491 e. The van der Waals surface area contributed by atoms with Crippen LogP contribution in [0.5, 0.6) is 5.75 Å². The van der Waals surface area contributed by atoms with Crippen molar-refractivity contribution < 1.29 is 20.1 Å². The predicted molar refractivity (Wildman–Crippen MR) is 68.6 cm³/mol. The molecule has 1 aromatic rings. The molecule has 0 aromatic heterocycles. The molecule has 0 aliphatic rings. The van der Waals surface area contributed by atoms with Gasteiger partial charge in [0.05, 0.1) is 30.9 Å². The van der Waals surface area contributed by atoms with Crippen LogP contribution in [0.3, 0.4) is 0 Å². The van der Waals surface area contributed by atoms with Crippen LogP contribution < -0.4 is 10.1 Å². The summed E-state index contributed by atoms with van der Waals surface area (Å²) in [6, 6.07) is 8.20. The Bertz CT molecular complexity index is 415. The number of nitrogens with zero attached hydrogens (tertiary/aromatic N) is 1. The highest BCUT2D eigenvalue weighted by Crippen LogP contribution is 2.12. The van der Waals surface area contributed by atoms with Gasteiger partial charge in [-0.1, -0.05) is 6.07 Å². The van der Waals surface area contributed by atoms with Crippen LogP contribution in [-0.4, -0.2) is 53.8 Å². The van der Waals surface area contributed by atoms with Crippen LogP contribution in [0.1, 0.15) is 5.56 Å². The van der Waals surface area contributed by atoms with E-state index < -0.39 is 12.1 Å². The molecule has 1 unspecified atom stereocenters. The highest BCUT2D eigenvalue weighted by Gasteiger charge is 2.10. The number of nitriles is 1. The zero-order valence-electron chi connectivity index (χ0n) is 10.5. The van der Waals surface area contributed by atoms with Crippen LogP contribution in [0, 0.1) is 11.3 Å². The van der Waals surface area contributed by atoms with Gasteiger partial charge in [0.1, 0.15) is 18.5 Å². The molecule has 0 bridgehead atoms. The second kappa shape index (κ2) is 8.45. The van der Waals surface area contributed by atoms with Crippen molar-refractivity contribution >= 4 is 0 Å². The maximum Gasteiger partial charge on any atom is 0.120 e. The zero-order valence-corrected chi connectivity index (χ0v) is 10.5. The van der Waals surface area contributed by atoms with Crippen molar-refractivity contribution in [3.05, 3.63) is 29.8 Å². The molecular formula is C13H18N2O4. The SMILES string of the molecule is N#Cc1cccc(OCC(O)CNC(CO)CO)c1. The fraction of sp³-hybridized carbons (Fsp3) is 0.462. The van der Waals surface area contributed by atoms with E-state index >= 15 is 0 Å². The fourth-order valence-electron chi connectivity index (χ4n) is 1.40. The van der Waals surface area contributed by atoms with Crippen molar-refractivity contribution in [2.24, 2.45) is 0 Å². The van der Waals surface area contributed by atoms with Crippen molar-refractivity contribution in [3.63, 3.8) is 0 Å². The summed E-state index contributed by atoms with van der Waals surface area (Å²) in [7, 11) is 0. The lowest BCUT2D eigenvalue weighted by atomic mass is 10.2. The van der Waals surface area contributed by atoms with Crippen molar-refractivity contribution in [1.29, 1.82) is 5.26 Å². The zero-order chi connectivity index (χ0) is 14.1. The second-order valence-electron chi connectivity index (χ2n) is 4.07. The number of aliphatic hydroxyl groups is 3. The van der Waals surface area contributed by atoms with E-state index in [1.54, 1.807) is 24.3 Å². The Morgan fingerprint density at radius 3 is 2.68 bits per heavy atom. The number of benzene rings is 1. The normalized spacial score (nSPS) is 12.2. The summed E-state index contributed by atoms with van der Waals surface area (Å²) >= 11 is 0. The van der Waals surface area contributed by atoms with Gasteiger partial charge in [0.25, 0.3) is 0 Å². The summed E-state index contributed by atoms with van der Waals surface area (Å²) in [5.41, 5.74) is 0.491. The third-order valence-electron chi connectivity index (χ3n) is 2.49. The van der Waals surface area contributed by atoms with Gasteiger partial charge in [-0.05, 0) is 18.2 Å². The van der Waals surface area contributed by atoms with Gasteiger partial charge >= 0.3 is 0 Å². The maximum atomic E-state index is 9.66. The molecule has 1 aromatic carbocycles. The van der Waals surface area contributed by atoms with Gasteiger partial charge in [0, 0.05) is 6.54 Å². The first kappa shape index (κ1) is 15.4. The average molecular weight is 266 g/mol. The molecule has 6 heteroatoms. The van der Waals surface area contributed by atoms with E-state index in [9.17, 15) is 5.11 Å². The number of hydrogen-bond acceptors (Lipinski definition) is 6. The maximum absolute atomic E-state index is 9.66. The molecule has 4 N–H and O–H groups in total. The van der Waals surface area contributed by atoms with Gasteiger partial charge in [0.2, 0.25) is 0 Å². The Labute approximate surface area is 111 Å². The summed E-state index contributed by atoms with van der Waals surface area (Å²) < 4.78 is 5.34. The molecule has 1 atom stereocenters. The Kier molecular flexibility index (Phi) is 6.85. The Balaban J connectivity index is 2.33. The molecule has 1 rings (SSSR count). The highest BCUT2D eigenvalue weighted by atomic mass is 16.5. The average Bonchev–Trinajstić information content (AvgIpc) is 2.46. The molecule has 0 radical (unpaired) electrons. The smallest absolute Gasteiger partial charge is 0.120 e. The van der Waals surface area contributed by atoms with Crippen LogP contribution in [-0.2, 0) is 0 Å². The van der Waals surface area contributed by atoms with Crippen molar-refractivity contribution in [1.82, 2.24) is 5.32 Å². The lowest BCUT2D eigenvalue weighted by molar-refractivity contribution is 0.0929. The molecule has 104 valence electrons. The van der Waals surface area contributed by atoms with Gasteiger partial charge in [0.15, 0.2) is 0 Å². The Morgan fingerprint density at radius 1 is 1.32 bits per heavy atom. The monoisotopic (exact) mass is 266 g/mol. The first-order valence-electron chi connectivity index (χ1n) is 5.95. The van der Waals surface area contributed by atoms with Gasteiger partial charge in [-0.25, -0.2) is 0 Å². The predicted octanol–water partition coefficient (Wildman–Crippen LogP) is -0.759. The topological polar surface area (TPSA) is 106 Å². The summed E-state index contributed by atoms with van der Waals surface area (Å²) in [4.78, 5) is 0. The Morgan fingerprint density at radius 2 is 2.05 bits per heavy atom. The van der Waals surface area contributed by atoms with Crippen molar-refractivity contribution in [2.45, 2.75) is 12.1 Å². The molecule has 0 heterocycles. The molecule has 19 heavy (non-hydrogen) atoms. The van der Waals surface area contributed by atoms with E-state index in [4.69, 9.17) is 20.2 Å². The standard InChI is InChI=1S/C13H18N2O4/c14-5-10-2-1-3-13(4-10)19-9-12(18)6-15-11(7-16)8-17/h1-4,11-12,15-18H,6-9H2. The fourth-order valence-corrected chi connectivity index (χ4v) is 1.40. The third kappa shape index (κ3) is 5.68. The van der Waals surface area contributed by atoms with Gasteiger partial charge in [-0.2, -0.15) is 5.26 Å². The number of aliphatic hydroxyl groups excluding tert-OH is 3. The van der Waals surface area contributed by atoms with Crippen LogP contribution in [0.4, 0.5) is 0 Å². The van der Waals surface area contributed by atoms with E-state index in [0.29, 0.717) is 11.3 Å². The lowest BCUT2D eigenvalue weighted by Crippen LogP contribution is -2.41. The number of nitrogens with one attached hydrogen (secondary N) is 1. The molecule has 0 saturated carbocycles. The van der Waals surface area contributed by atoms with Gasteiger partial charge in [-0.15, -0.1) is 0 Å². The number of hydrogen-bond donors (Lipinski definition) is 4. The van der Waals surface area contributed by atoms with Gasteiger partial charge < -0.3 is 25.4 Å². The summed E-state index contributed by atoms with van der Waals surface area (Å²) in [5.74, 6) is 0.513. The minimum atomic E-state index is -0.772. The van der Waals surface area contributed by atoms with Crippen molar-refractivity contribution in [3.8, 4) is 11.8 Å². The summed E-state index contributed by atoms with van der Waals surface area (Å²) in [6.45, 7) is -0.141. The highest BCUT2D eigenvalue weighted by molar-refractivity contribution is 5.36. The van der Waals surface area contributed by atoms with E-state index in [0.717, 1.165) is 0 Å². The summed E-state index contributed by atoms with van der Waals surface area (Å²) in [5, 5.41) is 38.9. The first-order chi connectivity index (χ1) is 9.19. The van der Waals surface area contributed by atoms with E-state index in [1.165, 1.54) is 0 Å². The molecule has 0 aliphatic carbocycles. The number of rotatable bonds is 8. The molecule has 6 nitrogen and oxygen atoms in total. The van der Waals surface area contributed by atoms with Crippen molar-refractivity contribution in [2.75, 3.05) is 26.4 Å². The molecule has 0 saturated heterocycles. The molecule has 0 spiro atoms. The molecular weight excluding hydrogens is 248 g/mol. The quantitative estimate of drug-likeness (QED) is 0.493. The Hall–Kier alpha value is -1.65. The van der Waals surface area contributed by atoms with Crippen LogP contribution >= 0.6 is 0 Å². The molecule has 0 fully saturated rings. The van der Waals surface area contributed by atoms with Gasteiger partial charge in [-0.3, -0.25) is 0 Å². The van der Waals surface area contributed by atoms with E-state index in [-0.39, 0.29) is 26.4 Å². The van der Waals surface area contributed by atoms with Crippen LogP contribution in [0.2, 0.25) is 0 Å². The van der Waals surface area contributed by atoms with Crippen LogP contribution in [0.25, 0.3) is 0 Å². The second-order valence-corrected chi connectivity index (χ2v) is 4.07. The van der Waals surface area contributed by atoms with E-state index in [1.807, 2.05) is 6.07 Å². The molecule has 0 aliphatic heterocycles. The van der Waals surface area contributed by atoms with E-state index in [2.05, 4.69) is 5.32 Å². The number of ether oxygens (including phenoxy) is 1. The van der Waals surface area contributed by atoms with Crippen LogP contribution in [0.15, 0.2) is 24.3 Å². The third-order valence-corrected chi connectivity index (χ3v) is 2.49. The summed E-state index contributed by atoms with van der Waals surface area (Å²) in [6.07, 6.45) is -0.772. The minimum Gasteiger partial charge on any atom is -0.491 e.